The zero-order valence-electron chi connectivity index (χ0n) is 18.2. The first-order chi connectivity index (χ1) is 15.0. The number of fused-ring (bicyclic) bond motifs is 1. The van der Waals surface area contributed by atoms with E-state index >= 15 is 0 Å². The van der Waals surface area contributed by atoms with Crippen molar-refractivity contribution in [2.75, 3.05) is 13.7 Å². The highest BCUT2D eigenvalue weighted by atomic mass is 16.5. The summed E-state index contributed by atoms with van der Waals surface area (Å²) < 4.78 is 16.1. The Bertz CT molecular complexity index is 951. The minimum absolute atomic E-state index is 0.0264. The molecule has 6 nitrogen and oxygen atoms in total. The third-order valence-corrected chi connectivity index (χ3v) is 5.01. The van der Waals surface area contributed by atoms with Crippen molar-refractivity contribution in [2.24, 2.45) is 0 Å². The van der Waals surface area contributed by atoms with Crippen LogP contribution in [0.3, 0.4) is 0 Å². The number of benzene rings is 2. The Labute approximate surface area is 183 Å². The van der Waals surface area contributed by atoms with Gasteiger partial charge >= 0.3 is 5.97 Å². The van der Waals surface area contributed by atoms with Crippen LogP contribution in [-0.4, -0.2) is 31.7 Å². The van der Waals surface area contributed by atoms with Crippen molar-refractivity contribution in [3.63, 3.8) is 0 Å². The van der Waals surface area contributed by atoms with Gasteiger partial charge in [-0.2, -0.15) is 0 Å². The second-order valence-corrected chi connectivity index (χ2v) is 7.73. The largest absolute Gasteiger partial charge is 0.493 e. The molecule has 2 aromatic carbocycles. The molecule has 0 fully saturated rings. The lowest BCUT2D eigenvalue weighted by Crippen LogP contribution is -2.34. The molecule has 0 aliphatic heterocycles. The fraction of sp³-hybridized carbons (Fsp3) is 0.360. The van der Waals surface area contributed by atoms with Crippen LogP contribution in [0, 0.1) is 0 Å². The maximum Gasteiger partial charge on any atom is 0.331 e. The van der Waals surface area contributed by atoms with Crippen LogP contribution < -0.4 is 14.8 Å². The molecular weight excluding hydrogens is 394 g/mol. The van der Waals surface area contributed by atoms with Crippen LogP contribution in [0.15, 0.2) is 48.5 Å². The van der Waals surface area contributed by atoms with Gasteiger partial charge in [0.15, 0.2) is 18.1 Å². The smallest absolute Gasteiger partial charge is 0.331 e. The van der Waals surface area contributed by atoms with E-state index in [4.69, 9.17) is 14.2 Å². The van der Waals surface area contributed by atoms with Crippen LogP contribution in [0.2, 0.25) is 0 Å². The third-order valence-electron chi connectivity index (χ3n) is 5.01. The van der Waals surface area contributed by atoms with Gasteiger partial charge in [0.2, 0.25) is 0 Å². The molecule has 31 heavy (non-hydrogen) atoms. The molecule has 1 aliphatic rings. The van der Waals surface area contributed by atoms with Crippen molar-refractivity contribution >= 4 is 18.0 Å². The number of carbonyl (C=O) groups is 2. The molecule has 0 spiro atoms. The van der Waals surface area contributed by atoms with Crippen LogP contribution in [0.1, 0.15) is 49.4 Å². The monoisotopic (exact) mass is 423 g/mol. The normalized spacial score (nSPS) is 15.4. The second kappa shape index (κ2) is 10.7. The minimum atomic E-state index is -0.583. The fourth-order valence-corrected chi connectivity index (χ4v) is 3.63. The highest BCUT2D eigenvalue weighted by molar-refractivity contribution is 5.89. The molecule has 0 aromatic heterocycles. The standard InChI is InChI=1S/C25H29NO5/c1-17(2)31-22-13-11-18(15-23(22)29-3)12-14-25(28)30-16-24(27)26-21-10-6-8-19-7-4-5-9-20(19)21/h4-5,7,9,11-15,17,21H,6,8,10,16H2,1-3H3,(H,26,27)/b14-12+/t21-/m1/s1. The van der Waals surface area contributed by atoms with Gasteiger partial charge in [-0.05, 0) is 68.0 Å². The second-order valence-electron chi connectivity index (χ2n) is 7.73. The Morgan fingerprint density at radius 2 is 1.97 bits per heavy atom. The van der Waals surface area contributed by atoms with Crippen molar-refractivity contribution in [3.8, 4) is 11.5 Å². The number of methoxy groups -OCH3 is 1. The van der Waals surface area contributed by atoms with Crippen molar-refractivity contribution in [2.45, 2.75) is 45.3 Å². The maximum atomic E-state index is 12.3. The summed E-state index contributed by atoms with van der Waals surface area (Å²) >= 11 is 0. The molecule has 164 valence electrons. The zero-order valence-corrected chi connectivity index (χ0v) is 18.2. The van der Waals surface area contributed by atoms with Gasteiger partial charge in [-0.15, -0.1) is 0 Å². The zero-order chi connectivity index (χ0) is 22.2. The van der Waals surface area contributed by atoms with Gasteiger partial charge in [-0.3, -0.25) is 4.79 Å². The topological polar surface area (TPSA) is 73.9 Å². The van der Waals surface area contributed by atoms with E-state index < -0.39 is 5.97 Å². The highest BCUT2D eigenvalue weighted by Gasteiger charge is 2.21. The number of esters is 1. The highest BCUT2D eigenvalue weighted by Crippen LogP contribution is 2.30. The summed E-state index contributed by atoms with van der Waals surface area (Å²) in [5.41, 5.74) is 3.17. The average Bonchev–Trinajstić information content (AvgIpc) is 2.77. The number of aryl methyl sites for hydroxylation is 1. The minimum Gasteiger partial charge on any atom is -0.493 e. The molecule has 1 amide bonds. The van der Waals surface area contributed by atoms with Gasteiger partial charge in [0, 0.05) is 6.08 Å². The van der Waals surface area contributed by atoms with Crippen molar-refractivity contribution in [3.05, 3.63) is 65.2 Å². The van der Waals surface area contributed by atoms with Crippen molar-refractivity contribution < 1.29 is 23.8 Å². The maximum absolute atomic E-state index is 12.3. The Hall–Kier alpha value is -3.28. The van der Waals surface area contributed by atoms with Gasteiger partial charge in [0.25, 0.3) is 5.91 Å². The van der Waals surface area contributed by atoms with E-state index in [1.165, 1.54) is 11.6 Å². The molecule has 0 saturated heterocycles. The van der Waals surface area contributed by atoms with Gasteiger partial charge in [-0.25, -0.2) is 4.79 Å². The number of nitrogens with one attached hydrogen (secondary N) is 1. The Morgan fingerprint density at radius 3 is 2.74 bits per heavy atom. The van der Waals surface area contributed by atoms with Gasteiger partial charge in [-0.1, -0.05) is 30.3 Å². The summed E-state index contributed by atoms with van der Waals surface area (Å²) in [6.07, 6.45) is 5.86. The molecule has 0 unspecified atom stereocenters. The fourth-order valence-electron chi connectivity index (χ4n) is 3.63. The summed E-state index contributed by atoms with van der Waals surface area (Å²) in [7, 11) is 1.56. The van der Waals surface area contributed by atoms with Gasteiger partial charge in [0.1, 0.15) is 0 Å². The summed E-state index contributed by atoms with van der Waals surface area (Å²) in [6.45, 7) is 3.56. The molecule has 1 aliphatic carbocycles. The first kappa shape index (κ1) is 22.4. The number of hydrogen-bond donors (Lipinski definition) is 1. The Balaban J connectivity index is 1.51. The lowest BCUT2D eigenvalue weighted by Gasteiger charge is -2.26. The predicted octanol–water partition coefficient (Wildman–Crippen LogP) is 4.23. The molecule has 2 aromatic rings. The summed E-state index contributed by atoms with van der Waals surface area (Å²) in [6, 6.07) is 13.5. The van der Waals surface area contributed by atoms with Crippen LogP contribution >= 0.6 is 0 Å². The molecule has 6 heteroatoms. The van der Waals surface area contributed by atoms with Crippen LogP contribution in [-0.2, 0) is 20.7 Å². The molecule has 0 bridgehead atoms. The van der Waals surface area contributed by atoms with Crippen LogP contribution in [0.25, 0.3) is 6.08 Å². The quantitative estimate of drug-likeness (QED) is 0.508. The number of rotatable bonds is 8. The third kappa shape index (κ3) is 6.35. The Morgan fingerprint density at radius 1 is 1.16 bits per heavy atom. The molecule has 0 heterocycles. The summed E-state index contributed by atoms with van der Waals surface area (Å²) in [5, 5.41) is 2.97. The molecule has 1 N–H and O–H groups in total. The predicted molar refractivity (Wildman–Crippen MR) is 119 cm³/mol. The first-order valence-corrected chi connectivity index (χ1v) is 10.5. The van der Waals surface area contributed by atoms with Gasteiger partial charge in [0.05, 0.1) is 19.3 Å². The van der Waals surface area contributed by atoms with Crippen LogP contribution in [0.4, 0.5) is 0 Å². The lowest BCUT2D eigenvalue weighted by atomic mass is 9.88. The molecular formula is C25H29NO5. The molecule has 0 saturated carbocycles. The van der Waals surface area contributed by atoms with Gasteiger partial charge < -0.3 is 19.5 Å². The van der Waals surface area contributed by atoms with Crippen molar-refractivity contribution in [1.82, 2.24) is 5.32 Å². The Kier molecular flexibility index (Phi) is 7.70. The molecule has 1 atom stereocenters. The van der Waals surface area contributed by atoms with E-state index in [-0.39, 0.29) is 24.7 Å². The van der Waals surface area contributed by atoms with E-state index in [0.29, 0.717) is 11.5 Å². The summed E-state index contributed by atoms with van der Waals surface area (Å²) in [5.74, 6) is 0.329. The van der Waals surface area contributed by atoms with E-state index in [1.807, 2.05) is 38.1 Å². The summed E-state index contributed by atoms with van der Waals surface area (Å²) in [4.78, 5) is 24.3. The van der Waals surface area contributed by atoms with E-state index in [0.717, 1.165) is 30.4 Å². The SMILES string of the molecule is COc1cc(/C=C/C(=O)OCC(=O)N[C@@H]2CCCc3ccccc32)ccc1OC(C)C. The van der Waals surface area contributed by atoms with Crippen molar-refractivity contribution in [1.29, 1.82) is 0 Å². The van der Waals surface area contributed by atoms with Crippen LogP contribution in [0.5, 0.6) is 11.5 Å². The van der Waals surface area contributed by atoms with E-state index in [1.54, 1.807) is 25.3 Å². The number of carbonyl (C=O) groups excluding carboxylic acids is 2. The number of ether oxygens (including phenoxy) is 3. The first-order valence-electron chi connectivity index (χ1n) is 10.5. The lowest BCUT2D eigenvalue weighted by molar-refractivity contribution is -0.144. The number of hydrogen-bond acceptors (Lipinski definition) is 5. The molecule has 0 radical (unpaired) electrons. The average molecular weight is 424 g/mol. The van der Waals surface area contributed by atoms with E-state index in [2.05, 4.69) is 11.4 Å². The van der Waals surface area contributed by atoms with E-state index in [9.17, 15) is 9.59 Å². The number of amides is 1. The molecule has 3 rings (SSSR count).